The molecule has 2 aromatic rings. The maximum Gasteiger partial charge on any atom is 0.308 e. The molecule has 0 radical (unpaired) electrons. The maximum atomic E-state index is 12.2. The third-order valence-corrected chi connectivity index (χ3v) is 3.30. The quantitative estimate of drug-likeness (QED) is 0.486. The summed E-state index contributed by atoms with van der Waals surface area (Å²) in [6.45, 7) is 1.31. The second-order valence-electron chi connectivity index (χ2n) is 4.08. The molecule has 0 spiro atoms. The van der Waals surface area contributed by atoms with Crippen LogP contribution in [-0.4, -0.2) is 11.8 Å². The zero-order chi connectivity index (χ0) is 14.7. The number of carbonyl (C=O) groups is 2. The van der Waals surface area contributed by atoms with Crippen molar-refractivity contribution in [3.8, 4) is 5.75 Å². The van der Waals surface area contributed by atoms with Gasteiger partial charge in [0.1, 0.15) is 5.75 Å². The Morgan fingerprint density at radius 3 is 2.05 bits per heavy atom. The monoisotopic (exact) mass is 308 g/mol. The summed E-state index contributed by atoms with van der Waals surface area (Å²) < 4.78 is 4.90. The highest BCUT2D eigenvalue weighted by atomic mass is 35.5. The molecule has 2 rings (SSSR count). The Morgan fingerprint density at radius 2 is 1.50 bits per heavy atom. The third-order valence-electron chi connectivity index (χ3n) is 2.56. The van der Waals surface area contributed by atoms with E-state index in [1.54, 1.807) is 36.4 Å². The van der Waals surface area contributed by atoms with E-state index in [-0.39, 0.29) is 5.78 Å². The van der Waals surface area contributed by atoms with Crippen LogP contribution in [0.25, 0.3) is 0 Å². The molecule has 0 aliphatic carbocycles. The van der Waals surface area contributed by atoms with Gasteiger partial charge in [-0.1, -0.05) is 23.2 Å². The minimum Gasteiger partial charge on any atom is -0.427 e. The molecule has 0 saturated heterocycles. The van der Waals surface area contributed by atoms with Gasteiger partial charge in [-0.2, -0.15) is 0 Å². The fourth-order valence-corrected chi connectivity index (χ4v) is 1.94. The van der Waals surface area contributed by atoms with Crippen molar-refractivity contribution >= 4 is 35.0 Å². The van der Waals surface area contributed by atoms with E-state index in [1.165, 1.54) is 13.0 Å². The summed E-state index contributed by atoms with van der Waals surface area (Å²) in [5, 5.41) is 0.725. The lowest BCUT2D eigenvalue weighted by molar-refractivity contribution is -0.131. The van der Waals surface area contributed by atoms with Crippen LogP contribution in [0.1, 0.15) is 22.8 Å². The zero-order valence-electron chi connectivity index (χ0n) is 10.5. The molecule has 102 valence electrons. The summed E-state index contributed by atoms with van der Waals surface area (Å²) in [5.74, 6) is -0.199. The number of hydrogen-bond acceptors (Lipinski definition) is 3. The van der Waals surface area contributed by atoms with Crippen LogP contribution in [-0.2, 0) is 4.79 Å². The fourth-order valence-electron chi connectivity index (χ4n) is 1.64. The van der Waals surface area contributed by atoms with Gasteiger partial charge in [0.05, 0.1) is 10.0 Å². The molecular formula is C15H10Cl2O3. The van der Waals surface area contributed by atoms with Crippen molar-refractivity contribution in [1.82, 2.24) is 0 Å². The number of halogens is 2. The molecule has 2 aromatic carbocycles. The summed E-state index contributed by atoms with van der Waals surface area (Å²) in [6.07, 6.45) is 0. The van der Waals surface area contributed by atoms with E-state index in [1.807, 2.05) is 0 Å². The van der Waals surface area contributed by atoms with Gasteiger partial charge in [0, 0.05) is 18.1 Å². The first-order valence-corrected chi connectivity index (χ1v) is 6.51. The van der Waals surface area contributed by atoms with Crippen LogP contribution in [0.5, 0.6) is 5.75 Å². The number of ether oxygens (including phenoxy) is 1. The van der Waals surface area contributed by atoms with Crippen LogP contribution in [0.2, 0.25) is 10.0 Å². The van der Waals surface area contributed by atoms with Gasteiger partial charge >= 0.3 is 5.97 Å². The van der Waals surface area contributed by atoms with Crippen LogP contribution in [0, 0.1) is 0 Å². The topological polar surface area (TPSA) is 43.4 Å². The first kappa shape index (κ1) is 14.6. The summed E-state index contributed by atoms with van der Waals surface area (Å²) in [7, 11) is 0. The molecule has 0 saturated carbocycles. The molecule has 5 heteroatoms. The van der Waals surface area contributed by atoms with Gasteiger partial charge < -0.3 is 4.74 Å². The molecule has 0 aliphatic heterocycles. The summed E-state index contributed by atoms with van der Waals surface area (Å²) in [5.41, 5.74) is 0.916. The summed E-state index contributed by atoms with van der Waals surface area (Å²) in [6, 6.07) is 11.0. The van der Waals surface area contributed by atoms with Crippen molar-refractivity contribution in [1.29, 1.82) is 0 Å². The lowest BCUT2D eigenvalue weighted by atomic mass is 10.0. The summed E-state index contributed by atoms with van der Waals surface area (Å²) >= 11 is 11.7. The zero-order valence-corrected chi connectivity index (χ0v) is 12.0. The number of carbonyl (C=O) groups excluding carboxylic acids is 2. The van der Waals surface area contributed by atoms with Crippen molar-refractivity contribution in [2.75, 3.05) is 0 Å². The molecule has 3 nitrogen and oxygen atoms in total. The van der Waals surface area contributed by atoms with Gasteiger partial charge in [0.15, 0.2) is 5.78 Å². The molecule has 0 amide bonds. The van der Waals surface area contributed by atoms with Gasteiger partial charge in [-0.05, 0) is 42.5 Å². The van der Waals surface area contributed by atoms with E-state index < -0.39 is 5.97 Å². The minimum absolute atomic E-state index is 0.182. The third kappa shape index (κ3) is 3.38. The van der Waals surface area contributed by atoms with Crippen LogP contribution in [0.15, 0.2) is 42.5 Å². The Bertz CT molecular complexity index is 663. The molecule has 0 aromatic heterocycles. The first-order valence-electron chi connectivity index (χ1n) is 5.75. The smallest absolute Gasteiger partial charge is 0.308 e. The maximum absolute atomic E-state index is 12.2. The first-order chi connectivity index (χ1) is 9.47. The van der Waals surface area contributed by atoms with Gasteiger partial charge in [0.2, 0.25) is 0 Å². The van der Waals surface area contributed by atoms with Crippen molar-refractivity contribution in [3.05, 3.63) is 63.6 Å². The lowest BCUT2D eigenvalue weighted by Gasteiger charge is -2.05. The summed E-state index contributed by atoms with van der Waals surface area (Å²) in [4.78, 5) is 23.0. The predicted molar refractivity (Wildman–Crippen MR) is 77.6 cm³/mol. The van der Waals surface area contributed by atoms with Crippen LogP contribution in [0.3, 0.4) is 0 Å². The Hall–Kier alpha value is -1.84. The highest BCUT2D eigenvalue weighted by molar-refractivity contribution is 6.42. The van der Waals surface area contributed by atoms with E-state index in [0.29, 0.717) is 26.9 Å². The van der Waals surface area contributed by atoms with Crippen LogP contribution < -0.4 is 4.74 Å². The molecule has 0 fully saturated rings. The molecular weight excluding hydrogens is 299 g/mol. The Labute approximate surface area is 126 Å². The average molecular weight is 309 g/mol. The molecule has 0 aliphatic rings. The van der Waals surface area contributed by atoms with Gasteiger partial charge in [-0.25, -0.2) is 0 Å². The molecule has 0 heterocycles. The number of esters is 1. The number of ketones is 1. The SMILES string of the molecule is CC(=O)Oc1ccc(C(=O)c2ccc(Cl)c(Cl)c2)cc1. The standard InChI is InChI=1S/C15H10Cl2O3/c1-9(18)20-12-5-2-10(3-6-12)15(19)11-4-7-13(16)14(17)8-11/h2-8H,1H3. The second-order valence-corrected chi connectivity index (χ2v) is 4.89. The highest BCUT2D eigenvalue weighted by Gasteiger charge is 2.11. The van der Waals surface area contributed by atoms with E-state index in [4.69, 9.17) is 27.9 Å². The van der Waals surface area contributed by atoms with Crippen molar-refractivity contribution in [3.63, 3.8) is 0 Å². The second kappa shape index (κ2) is 6.07. The fraction of sp³-hybridized carbons (Fsp3) is 0.0667. The molecule has 0 N–H and O–H groups in total. The highest BCUT2D eigenvalue weighted by Crippen LogP contribution is 2.24. The normalized spacial score (nSPS) is 10.2. The van der Waals surface area contributed by atoms with Crippen molar-refractivity contribution in [2.24, 2.45) is 0 Å². The van der Waals surface area contributed by atoms with Crippen LogP contribution in [0.4, 0.5) is 0 Å². The van der Waals surface area contributed by atoms with Gasteiger partial charge in [-0.15, -0.1) is 0 Å². The predicted octanol–water partition coefficient (Wildman–Crippen LogP) is 4.15. The Balaban J connectivity index is 2.24. The van der Waals surface area contributed by atoms with Gasteiger partial charge in [0.25, 0.3) is 0 Å². The van der Waals surface area contributed by atoms with Gasteiger partial charge in [-0.3, -0.25) is 9.59 Å². The largest absolute Gasteiger partial charge is 0.427 e. The van der Waals surface area contributed by atoms with E-state index in [0.717, 1.165) is 0 Å². The Morgan fingerprint density at radius 1 is 0.900 bits per heavy atom. The molecule has 0 atom stereocenters. The molecule has 0 bridgehead atoms. The average Bonchev–Trinajstić information content (AvgIpc) is 2.41. The molecule has 0 unspecified atom stereocenters. The van der Waals surface area contributed by atoms with E-state index in [9.17, 15) is 9.59 Å². The Kier molecular flexibility index (Phi) is 4.42. The van der Waals surface area contributed by atoms with Crippen molar-refractivity contribution in [2.45, 2.75) is 6.92 Å². The van der Waals surface area contributed by atoms with Crippen molar-refractivity contribution < 1.29 is 14.3 Å². The number of rotatable bonds is 3. The number of benzene rings is 2. The number of hydrogen-bond donors (Lipinski definition) is 0. The lowest BCUT2D eigenvalue weighted by Crippen LogP contribution is -2.03. The van der Waals surface area contributed by atoms with Crippen LogP contribution >= 0.6 is 23.2 Å². The van der Waals surface area contributed by atoms with E-state index >= 15 is 0 Å². The minimum atomic E-state index is -0.409. The molecule has 20 heavy (non-hydrogen) atoms. The van der Waals surface area contributed by atoms with E-state index in [2.05, 4.69) is 0 Å².